The second-order valence-electron chi connectivity index (χ2n) is 2.71. The largest absolute Gasteiger partial charge is 0.438 e. The van der Waals surface area contributed by atoms with Gasteiger partial charge in [0, 0.05) is 28.8 Å². The van der Waals surface area contributed by atoms with Crippen LogP contribution in [0.5, 0.6) is 11.6 Å². The summed E-state index contributed by atoms with van der Waals surface area (Å²) in [6.45, 7) is 0. The molecule has 0 saturated carbocycles. The van der Waals surface area contributed by atoms with E-state index >= 15 is 0 Å². The van der Waals surface area contributed by atoms with Gasteiger partial charge in [-0.2, -0.15) is 4.98 Å². The van der Waals surface area contributed by atoms with Gasteiger partial charge in [0.1, 0.15) is 5.75 Å². The summed E-state index contributed by atoms with van der Waals surface area (Å²) in [5, 5.41) is 0. The van der Waals surface area contributed by atoms with E-state index in [0.29, 0.717) is 9.71 Å². The highest BCUT2D eigenvalue weighted by molar-refractivity contribution is 14.1. The highest BCUT2D eigenvalue weighted by Gasteiger charge is 2.05. The fourth-order valence-electron chi connectivity index (χ4n) is 1.00. The smallest absolute Gasteiger partial charge is 0.237 e. The molecule has 15 heavy (non-hydrogen) atoms. The number of nitrogens with zero attached hydrogens (tertiary/aromatic N) is 2. The van der Waals surface area contributed by atoms with Gasteiger partial charge < -0.3 is 4.74 Å². The molecule has 0 radical (unpaired) electrons. The van der Waals surface area contributed by atoms with Crippen LogP contribution in [-0.4, -0.2) is 9.97 Å². The molecule has 0 spiro atoms. The van der Waals surface area contributed by atoms with Crippen molar-refractivity contribution in [3.05, 3.63) is 44.8 Å². The van der Waals surface area contributed by atoms with E-state index in [1.54, 1.807) is 6.20 Å². The maximum absolute atomic E-state index is 5.59. The number of hydrogen-bond donors (Lipinski definition) is 0. The number of rotatable bonds is 2. The molecule has 5 heteroatoms. The van der Waals surface area contributed by atoms with E-state index in [0.717, 1.165) is 10.2 Å². The van der Waals surface area contributed by atoms with Gasteiger partial charge in [0.25, 0.3) is 0 Å². The van der Waals surface area contributed by atoms with E-state index in [4.69, 9.17) is 4.74 Å². The van der Waals surface area contributed by atoms with Crippen LogP contribution in [0.3, 0.4) is 0 Å². The molecule has 1 heterocycles. The van der Waals surface area contributed by atoms with Crippen molar-refractivity contribution in [1.29, 1.82) is 0 Å². The van der Waals surface area contributed by atoms with Crippen LogP contribution in [-0.2, 0) is 0 Å². The molecule has 0 N–H and O–H groups in total. The van der Waals surface area contributed by atoms with Crippen molar-refractivity contribution < 1.29 is 4.74 Å². The normalized spacial score (nSPS) is 10.0. The summed E-state index contributed by atoms with van der Waals surface area (Å²) in [6.07, 6.45) is 1.67. The molecule has 0 bridgehead atoms. The highest BCUT2D eigenvalue weighted by Crippen LogP contribution is 2.26. The van der Waals surface area contributed by atoms with Crippen molar-refractivity contribution >= 4 is 38.5 Å². The van der Waals surface area contributed by atoms with E-state index in [2.05, 4.69) is 25.9 Å². The van der Waals surface area contributed by atoms with E-state index in [1.165, 1.54) is 0 Å². The Balaban J connectivity index is 2.28. The van der Waals surface area contributed by atoms with Gasteiger partial charge in [0.2, 0.25) is 5.88 Å². The minimum absolute atomic E-state index is 0.528. The third-order valence-electron chi connectivity index (χ3n) is 1.64. The summed E-state index contributed by atoms with van der Waals surface area (Å²) in [5.41, 5.74) is 0. The van der Waals surface area contributed by atoms with Gasteiger partial charge in [-0.05, 0) is 28.1 Å². The van der Waals surface area contributed by atoms with Gasteiger partial charge >= 0.3 is 0 Å². The van der Waals surface area contributed by atoms with Crippen molar-refractivity contribution in [2.45, 2.75) is 0 Å². The first-order chi connectivity index (χ1) is 7.25. The quantitative estimate of drug-likeness (QED) is 0.593. The number of benzene rings is 1. The first-order valence-electron chi connectivity index (χ1n) is 4.16. The summed E-state index contributed by atoms with van der Waals surface area (Å²) >= 11 is 5.38. The molecule has 0 fully saturated rings. The Kier molecular flexibility index (Phi) is 3.53. The zero-order valence-corrected chi connectivity index (χ0v) is 11.3. The lowest BCUT2D eigenvalue weighted by molar-refractivity contribution is 0.456. The monoisotopic (exact) mass is 376 g/mol. The summed E-state index contributed by atoms with van der Waals surface area (Å²) in [5.74, 6) is 1.29. The lowest BCUT2D eigenvalue weighted by atomic mass is 10.3. The Hall–Kier alpha value is -0.690. The molecule has 0 aliphatic rings. The van der Waals surface area contributed by atoms with Gasteiger partial charge in [0.15, 0.2) is 3.83 Å². The molecule has 0 amide bonds. The van der Waals surface area contributed by atoms with Gasteiger partial charge in [-0.15, -0.1) is 0 Å². The number of hydrogen-bond acceptors (Lipinski definition) is 3. The fraction of sp³-hybridized carbons (Fsp3) is 0. The summed E-state index contributed by atoms with van der Waals surface area (Å²) in [6, 6.07) is 9.51. The number of para-hydroxylation sites is 1. The molecular weight excluding hydrogens is 371 g/mol. The van der Waals surface area contributed by atoms with Gasteiger partial charge in [-0.3, -0.25) is 0 Å². The minimum Gasteiger partial charge on any atom is -0.438 e. The topological polar surface area (TPSA) is 35.0 Å². The van der Waals surface area contributed by atoms with Crippen LogP contribution in [0.2, 0.25) is 0 Å². The van der Waals surface area contributed by atoms with E-state index in [9.17, 15) is 0 Å². The molecule has 1 aromatic heterocycles. The lowest BCUT2D eigenvalue weighted by Crippen LogP contribution is -1.93. The van der Waals surface area contributed by atoms with Crippen LogP contribution >= 0.6 is 38.5 Å². The second-order valence-corrected chi connectivity index (χ2v) is 4.53. The van der Waals surface area contributed by atoms with Crippen molar-refractivity contribution in [3.8, 4) is 11.6 Å². The first-order valence-corrected chi connectivity index (χ1v) is 6.04. The van der Waals surface area contributed by atoms with Crippen molar-refractivity contribution in [2.75, 3.05) is 0 Å². The third-order valence-corrected chi connectivity index (χ3v) is 2.70. The van der Waals surface area contributed by atoms with Crippen molar-refractivity contribution in [1.82, 2.24) is 9.97 Å². The zero-order valence-electron chi connectivity index (χ0n) is 7.52. The molecule has 0 aliphatic heterocycles. The highest BCUT2D eigenvalue weighted by atomic mass is 127. The number of aromatic nitrogens is 2. The average Bonchev–Trinajstić information content (AvgIpc) is 2.25. The summed E-state index contributed by atoms with van der Waals surface area (Å²) < 4.78 is 6.98. The first kappa shape index (κ1) is 10.8. The predicted molar refractivity (Wildman–Crippen MR) is 69.0 cm³/mol. The van der Waals surface area contributed by atoms with Crippen LogP contribution in [0, 0.1) is 3.83 Å². The Labute approximate surface area is 109 Å². The molecule has 0 saturated heterocycles. The SMILES string of the molecule is Brc1cnc(I)nc1Oc1ccccc1. The summed E-state index contributed by atoms with van der Waals surface area (Å²) in [7, 11) is 0. The molecular formula is C10H6BrIN2O. The van der Waals surface area contributed by atoms with Crippen LogP contribution < -0.4 is 4.74 Å². The standard InChI is InChI=1S/C10H6BrIN2O/c11-8-6-13-10(12)14-9(8)15-7-4-2-1-3-5-7/h1-6H. The molecule has 3 nitrogen and oxygen atoms in total. The number of halogens is 2. The van der Waals surface area contributed by atoms with Crippen molar-refractivity contribution in [2.24, 2.45) is 0 Å². The molecule has 0 atom stereocenters. The molecule has 2 rings (SSSR count). The van der Waals surface area contributed by atoms with Gasteiger partial charge in [-0.25, -0.2) is 4.98 Å². The lowest BCUT2D eigenvalue weighted by Gasteiger charge is -2.05. The van der Waals surface area contributed by atoms with Crippen LogP contribution in [0.15, 0.2) is 41.0 Å². The molecule has 0 unspecified atom stereocenters. The fourth-order valence-corrected chi connectivity index (χ4v) is 1.63. The molecule has 76 valence electrons. The predicted octanol–water partition coefficient (Wildman–Crippen LogP) is 3.64. The van der Waals surface area contributed by atoms with Gasteiger partial charge in [-0.1, -0.05) is 18.2 Å². The molecule has 1 aromatic carbocycles. The second kappa shape index (κ2) is 4.89. The Bertz CT molecular complexity index is 464. The van der Waals surface area contributed by atoms with Crippen LogP contribution in [0.4, 0.5) is 0 Å². The van der Waals surface area contributed by atoms with Crippen LogP contribution in [0.1, 0.15) is 0 Å². The Morgan fingerprint density at radius 3 is 2.67 bits per heavy atom. The minimum atomic E-state index is 0.528. The molecule has 2 aromatic rings. The van der Waals surface area contributed by atoms with E-state index < -0.39 is 0 Å². The maximum atomic E-state index is 5.59. The maximum Gasteiger partial charge on any atom is 0.237 e. The summed E-state index contributed by atoms with van der Waals surface area (Å²) in [4.78, 5) is 8.20. The zero-order chi connectivity index (χ0) is 10.7. The van der Waals surface area contributed by atoms with Crippen molar-refractivity contribution in [3.63, 3.8) is 0 Å². The Morgan fingerprint density at radius 1 is 1.20 bits per heavy atom. The Morgan fingerprint density at radius 2 is 1.93 bits per heavy atom. The third kappa shape index (κ3) is 2.88. The van der Waals surface area contributed by atoms with E-state index in [-0.39, 0.29) is 0 Å². The van der Waals surface area contributed by atoms with Gasteiger partial charge in [0.05, 0.1) is 4.47 Å². The average molecular weight is 377 g/mol. The van der Waals surface area contributed by atoms with E-state index in [1.807, 2.05) is 52.9 Å². The van der Waals surface area contributed by atoms with Crippen LogP contribution in [0.25, 0.3) is 0 Å². The number of ether oxygens (including phenoxy) is 1. The molecule has 0 aliphatic carbocycles.